The Kier molecular flexibility index (Phi) is 3.41. The van der Waals surface area contributed by atoms with Crippen LogP contribution in [0.3, 0.4) is 0 Å². The van der Waals surface area contributed by atoms with Crippen LogP contribution in [0.15, 0.2) is 12.3 Å². The van der Waals surface area contributed by atoms with Crippen molar-refractivity contribution < 1.29 is 21.9 Å². The lowest BCUT2D eigenvalue weighted by molar-refractivity contribution is -0.254. The Hall–Kier alpha value is -1.97. The summed E-state index contributed by atoms with van der Waals surface area (Å²) in [5.74, 6) is 0.0252. The second-order valence-electron chi connectivity index (χ2n) is 10.5. The first kappa shape index (κ1) is 18.6. The lowest BCUT2D eigenvalue weighted by Crippen LogP contribution is -2.68. The molecule has 0 aromatic carbocycles. The number of aromatic nitrogens is 3. The van der Waals surface area contributed by atoms with E-state index in [-0.39, 0.29) is 5.95 Å². The number of alkyl halides is 2. The summed E-state index contributed by atoms with van der Waals surface area (Å²) in [4.78, 5) is 0. The van der Waals surface area contributed by atoms with Crippen LogP contribution < -0.4 is 9.46 Å². The van der Waals surface area contributed by atoms with Crippen LogP contribution in [0.1, 0.15) is 56.4 Å². The molecule has 0 radical (unpaired) electrons. The summed E-state index contributed by atoms with van der Waals surface area (Å²) in [5, 5.41) is 7.77. The maximum atomic E-state index is 12.8. The highest BCUT2D eigenvalue weighted by atomic mass is 32.2. The van der Waals surface area contributed by atoms with E-state index in [9.17, 15) is 17.2 Å². The number of anilines is 1. The van der Waals surface area contributed by atoms with Gasteiger partial charge >= 0.3 is 5.76 Å². The summed E-state index contributed by atoms with van der Waals surface area (Å²) in [6, 6.07) is 1.77. The van der Waals surface area contributed by atoms with Gasteiger partial charge in [0.15, 0.2) is 5.65 Å². The topological polar surface area (TPSA) is 85.6 Å². The van der Waals surface area contributed by atoms with E-state index in [1.54, 1.807) is 12.3 Å². The Morgan fingerprint density at radius 3 is 2.74 bits per heavy atom. The number of nitrogens with one attached hydrogen (secondary N) is 1. The molecule has 166 valence electrons. The van der Waals surface area contributed by atoms with Crippen LogP contribution in [-0.4, -0.2) is 35.4 Å². The van der Waals surface area contributed by atoms with Crippen LogP contribution in [0, 0.1) is 28.6 Å². The predicted octanol–water partition coefficient (Wildman–Crippen LogP) is 3.78. The van der Waals surface area contributed by atoms with Crippen molar-refractivity contribution in [2.24, 2.45) is 28.6 Å². The molecule has 31 heavy (non-hydrogen) atoms. The first-order valence-corrected chi connectivity index (χ1v) is 12.7. The molecule has 10 heteroatoms. The van der Waals surface area contributed by atoms with Crippen LogP contribution in [-0.2, 0) is 10.0 Å². The molecule has 0 amide bonds. The number of halogens is 2. The number of ether oxygens (including phenoxy) is 1. The Morgan fingerprint density at radius 1 is 1.19 bits per heavy atom. The third-order valence-electron chi connectivity index (χ3n) is 9.10. The molecule has 5 unspecified atom stereocenters. The maximum Gasteiger partial charge on any atom is 0.355 e. The van der Waals surface area contributed by atoms with E-state index < -0.39 is 15.8 Å². The fraction of sp³-hybridized carbons (Fsp3) is 0.714. The molecule has 5 saturated carbocycles. The number of sulfonamides is 1. The normalized spacial score (nSPS) is 37.6. The van der Waals surface area contributed by atoms with Crippen molar-refractivity contribution >= 4 is 21.6 Å². The van der Waals surface area contributed by atoms with Crippen LogP contribution in [0.25, 0.3) is 5.65 Å². The zero-order valence-electron chi connectivity index (χ0n) is 16.9. The van der Waals surface area contributed by atoms with E-state index in [1.807, 2.05) is 4.72 Å². The summed E-state index contributed by atoms with van der Waals surface area (Å²) in [6.45, 7) is 0.728. The fourth-order valence-corrected chi connectivity index (χ4v) is 8.35. The van der Waals surface area contributed by atoms with Gasteiger partial charge in [0, 0.05) is 23.2 Å². The minimum absolute atomic E-state index is 0.228. The van der Waals surface area contributed by atoms with Gasteiger partial charge in [-0.2, -0.15) is 8.78 Å². The van der Waals surface area contributed by atoms with E-state index in [2.05, 4.69) is 10.2 Å². The SMILES string of the molecule is O=S(=O)(Nc1nnc2cc(OCC34CC5CC6CC(C3)C64C5)c(C3CC3)cn12)C(F)F. The monoisotopic (exact) mass is 450 g/mol. The minimum Gasteiger partial charge on any atom is -0.492 e. The predicted molar refractivity (Wildman–Crippen MR) is 107 cm³/mol. The number of hydrogen-bond acceptors (Lipinski definition) is 5. The standard InChI is InChI=1S/C21H24F2N4O3S/c22-18(23)31(28,29)26-19-25-24-17-5-16(15(9-27(17)19)12-1-2-12)30-10-20-6-11-3-13-4-14(8-20)21(13,20)7-11/h5,9,11-14,18H,1-4,6-8,10H2,(H,25,26). The first-order valence-electron chi connectivity index (χ1n) is 11.1. The summed E-state index contributed by atoms with van der Waals surface area (Å²) in [7, 11) is -4.81. The fourth-order valence-electron chi connectivity index (χ4n) is 7.87. The lowest BCUT2D eigenvalue weighted by atomic mass is 9.32. The van der Waals surface area contributed by atoms with Crippen LogP contribution in [0.5, 0.6) is 5.75 Å². The lowest BCUT2D eigenvalue weighted by Gasteiger charge is -2.72. The molecule has 5 aliphatic carbocycles. The first-order chi connectivity index (χ1) is 14.8. The summed E-state index contributed by atoms with van der Waals surface area (Å²) in [5.41, 5.74) is 2.21. The van der Waals surface area contributed by atoms with Gasteiger partial charge in [0.05, 0.1) is 6.61 Å². The van der Waals surface area contributed by atoms with E-state index in [4.69, 9.17) is 4.74 Å². The summed E-state index contributed by atoms with van der Waals surface area (Å²) in [6.07, 6.45) is 10.6. The van der Waals surface area contributed by atoms with Gasteiger partial charge in [-0.15, -0.1) is 10.2 Å². The Balaban J connectivity index is 1.19. The molecule has 5 atom stereocenters. The highest BCUT2D eigenvalue weighted by Gasteiger charge is 2.80. The van der Waals surface area contributed by atoms with Gasteiger partial charge in [-0.25, -0.2) is 13.1 Å². The van der Waals surface area contributed by atoms with Gasteiger partial charge in [-0.05, 0) is 74.0 Å². The molecule has 2 bridgehead atoms. The average molecular weight is 451 g/mol. The highest BCUT2D eigenvalue weighted by molar-refractivity contribution is 7.92. The Bertz CT molecular complexity index is 1210. The van der Waals surface area contributed by atoms with Gasteiger partial charge in [0.25, 0.3) is 10.0 Å². The molecule has 2 aromatic rings. The van der Waals surface area contributed by atoms with Crippen molar-refractivity contribution in [3.8, 4) is 5.75 Å². The molecule has 1 N–H and O–H groups in total. The highest BCUT2D eigenvalue weighted by Crippen LogP contribution is 2.86. The molecular formula is C21H24F2N4O3S. The zero-order valence-corrected chi connectivity index (χ0v) is 17.7. The van der Waals surface area contributed by atoms with Gasteiger partial charge in [0.2, 0.25) is 5.95 Å². The molecule has 2 heterocycles. The third-order valence-corrected chi connectivity index (χ3v) is 10.0. The van der Waals surface area contributed by atoms with Gasteiger partial charge in [-0.3, -0.25) is 4.40 Å². The van der Waals surface area contributed by atoms with Crippen molar-refractivity contribution in [2.45, 2.75) is 56.6 Å². The van der Waals surface area contributed by atoms with Gasteiger partial charge < -0.3 is 4.74 Å². The molecule has 7 nitrogen and oxygen atoms in total. The molecule has 2 aromatic heterocycles. The van der Waals surface area contributed by atoms with Crippen molar-refractivity contribution in [3.05, 3.63) is 17.8 Å². The second kappa shape index (κ2) is 5.68. The molecule has 5 fully saturated rings. The smallest absolute Gasteiger partial charge is 0.355 e. The molecule has 7 rings (SSSR count). The summed E-state index contributed by atoms with van der Waals surface area (Å²) >= 11 is 0. The number of pyridine rings is 1. The van der Waals surface area contributed by atoms with E-state index >= 15 is 0 Å². The molecular weight excluding hydrogens is 426 g/mol. The third kappa shape index (κ3) is 2.29. The van der Waals surface area contributed by atoms with Crippen molar-refractivity contribution in [2.75, 3.05) is 11.3 Å². The average Bonchev–Trinajstić information content (AvgIpc) is 3.31. The zero-order chi connectivity index (χ0) is 21.2. The van der Waals surface area contributed by atoms with Gasteiger partial charge in [-0.1, -0.05) is 0 Å². The molecule has 0 aliphatic heterocycles. The van der Waals surface area contributed by atoms with Crippen molar-refractivity contribution in [3.63, 3.8) is 0 Å². The van der Waals surface area contributed by atoms with E-state index in [0.717, 1.165) is 48.5 Å². The quantitative estimate of drug-likeness (QED) is 0.694. The van der Waals surface area contributed by atoms with Crippen LogP contribution in [0.4, 0.5) is 14.7 Å². The number of rotatable bonds is 7. The number of hydrogen-bond donors (Lipinski definition) is 1. The number of fused-ring (bicyclic) bond motifs is 2. The van der Waals surface area contributed by atoms with Gasteiger partial charge in [0.1, 0.15) is 5.75 Å². The molecule has 0 saturated heterocycles. The molecule has 5 aliphatic rings. The number of nitrogens with zero attached hydrogens (tertiary/aromatic N) is 3. The van der Waals surface area contributed by atoms with Crippen LogP contribution >= 0.6 is 0 Å². The Morgan fingerprint density at radius 2 is 2.03 bits per heavy atom. The largest absolute Gasteiger partial charge is 0.492 e. The van der Waals surface area contributed by atoms with E-state index in [0.29, 0.717) is 22.4 Å². The Labute approximate surface area is 178 Å². The molecule has 1 spiro atoms. The second-order valence-corrected chi connectivity index (χ2v) is 12.1. The minimum atomic E-state index is -4.81. The van der Waals surface area contributed by atoms with E-state index in [1.165, 1.54) is 36.5 Å². The maximum absolute atomic E-state index is 12.8. The summed E-state index contributed by atoms with van der Waals surface area (Å²) < 4.78 is 58.5. The van der Waals surface area contributed by atoms with Crippen molar-refractivity contribution in [1.82, 2.24) is 14.6 Å². The van der Waals surface area contributed by atoms with Crippen LogP contribution in [0.2, 0.25) is 0 Å². The van der Waals surface area contributed by atoms with Crippen molar-refractivity contribution in [1.29, 1.82) is 0 Å².